The first-order chi connectivity index (χ1) is 17.2. The van der Waals surface area contributed by atoms with Crippen molar-refractivity contribution in [3.63, 3.8) is 0 Å². The van der Waals surface area contributed by atoms with Gasteiger partial charge in [-0.1, -0.05) is 26.0 Å². The molecule has 0 amide bonds. The summed E-state index contributed by atoms with van der Waals surface area (Å²) in [5.41, 5.74) is -2.05. The number of halogens is 1. The highest BCUT2D eigenvalue weighted by atomic mass is 32.2. The fourth-order valence-electron chi connectivity index (χ4n) is 3.92. The Bertz CT molecular complexity index is 1650. The minimum absolute atomic E-state index is 0.0837. The summed E-state index contributed by atoms with van der Waals surface area (Å²) in [7, 11) is -4.37. The van der Waals surface area contributed by atoms with Crippen LogP contribution in [-0.2, 0) is 10.0 Å². The number of carboxylic acids is 1. The van der Waals surface area contributed by atoms with E-state index in [9.17, 15) is 27.5 Å². The molecule has 4 aromatic rings. The van der Waals surface area contributed by atoms with Crippen molar-refractivity contribution >= 4 is 49.7 Å². The number of anilines is 1. The van der Waals surface area contributed by atoms with Crippen LogP contribution in [0.25, 0.3) is 28.0 Å². The molecule has 11 heteroatoms. The number of hydrogen-bond donors (Lipinski definition) is 2. The number of fused-ring (bicyclic) bond motifs is 3. The molecule has 0 aliphatic rings. The Balaban J connectivity index is 1.79. The van der Waals surface area contributed by atoms with Crippen LogP contribution in [0.3, 0.4) is 0 Å². The van der Waals surface area contributed by atoms with E-state index < -0.39 is 33.0 Å². The van der Waals surface area contributed by atoms with E-state index in [1.54, 1.807) is 6.08 Å². The van der Waals surface area contributed by atoms with Crippen molar-refractivity contribution in [3.05, 3.63) is 76.1 Å². The number of nitrogens with zero attached hydrogens (tertiary/aromatic N) is 1. The second-order valence-electron chi connectivity index (χ2n) is 7.90. The lowest BCUT2D eigenvalue weighted by Crippen LogP contribution is -2.22. The maximum atomic E-state index is 14.0. The Hall–Kier alpha value is -3.96. The van der Waals surface area contributed by atoms with E-state index in [0.717, 1.165) is 31.3 Å². The van der Waals surface area contributed by atoms with Gasteiger partial charge in [0.25, 0.3) is 10.0 Å². The highest BCUT2D eigenvalue weighted by Crippen LogP contribution is 2.32. The SMILES string of the molecule is CCN(CC)C/C=C\c1cc(F)ccc1S(=O)(=O)Nc1ccc2c(oc(=O)c3occc32)c1C(=O)O. The molecule has 0 unspecified atom stereocenters. The van der Waals surface area contributed by atoms with Crippen LogP contribution in [0, 0.1) is 5.82 Å². The summed E-state index contributed by atoms with van der Waals surface area (Å²) in [4.78, 5) is 26.2. The lowest BCUT2D eigenvalue weighted by atomic mass is 10.1. The molecule has 2 aromatic carbocycles. The average molecular weight is 515 g/mol. The van der Waals surface area contributed by atoms with Gasteiger partial charge >= 0.3 is 11.6 Å². The van der Waals surface area contributed by atoms with Gasteiger partial charge < -0.3 is 18.8 Å². The van der Waals surface area contributed by atoms with Crippen molar-refractivity contribution in [2.75, 3.05) is 24.4 Å². The van der Waals surface area contributed by atoms with Gasteiger partial charge in [0.15, 0.2) is 5.58 Å². The van der Waals surface area contributed by atoms with Crippen LogP contribution in [-0.4, -0.2) is 44.0 Å². The zero-order valence-electron chi connectivity index (χ0n) is 19.4. The van der Waals surface area contributed by atoms with Gasteiger partial charge in [-0.25, -0.2) is 22.4 Å². The van der Waals surface area contributed by atoms with Crippen molar-refractivity contribution in [1.29, 1.82) is 0 Å². The summed E-state index contributed by atoms with van der Waals surface area (Å²) in [6, 6.07) is 7.36. The van der Waals surface area contributed by atoms with E-state index >= 15 is 0 Å². The molecular weight excluding hydrogens is 491 g/mol. The molecule has 9 nitrogen and oxygen atoms in total. The molecule has 4 rings (SSSR count). The molecule has 36 heavy (non-hydrogen) atoms. The van der Waals surface area contributed by atoms with Gasteiger partial charge in [0.05, 0.1) is 16.8 Å². The van der Waals surface area contributed by atoms with Crippen LogP contribution < -0.4 is 10.3 Å². The van der Waals surface area contributed by atoms with Crippen molar-refractivity contribution in [1.82, 2.24) is 4.90 Å². The van der Waals surface area contributed by atoms with Gasteiger partial charge in [0, 0.05) is 17.3 Å². The van der Waals surface area contributed by atoms with Crippen molar-refractivity contribution in [2.24, 2.45) is 0 Å². The Labute approximate surface area is 205 Å². The Kier molecular flexibility index (Phi) is 6.95. The van der Waals surface area contributed by atoms with E-state index in [2.05, 4.69) is 9.62 Å². The van der Waals surface area contributed by atoms with Crippen LogP contribution in [0.1, 0.15) is 29.8 Å². The molecule has 2 aromatic heterocycles. The lowest BCUT2D eigenvalue weighted by Gasteiger charge is -2.15. The fourth-order valence-corrected chi connectivity index (χ4v) is 5.18. The van der Waals surface area contributed by atoms with Gasteiger partial charge in [-0.15, -0.1) is 0 Å². The predicted molar refractivity (Wildman–Crippen MR) is 133 cm³/mol. The third kappa shape index (κ3) is 4.75. The summed E-state index contributed by atoms with van der Waals surface area (Å²) >= 11 is 0. The number of rotatable bonds is 9. The first-order valence-corrected chi connectivity index (χ1v) is 12.6. The lowest BCUT2D eigenvalue weighted by molar-refractivity contribution is 0.0699. The first-order valence-electron chi connectivity index (χ1n) is 11.1. The number of sulfonamides is 1. The smallest absolute Gasteiger partial charge is 0.380 e. The summed E-state index contributed by atoms with van der Waals surface area (Å²) in [6.07, 6.45) is 4.50. The van der Waals surface area contributed by atoms with Crippen molar-refractivity contribution in [2.45, 2.75) is 18.7 Å². The highest BCUT2D eigenvalue weighted by molar-refractivity contribution is 7.92. The maximum Gasteiger partial charge on any atom is 0.380 e. The van der Waals surface area contributed by atoms with Gasteiger partial charge in [-0.2, -0.15) is 0 Å². The second-order valence-corrected chi connectivity index (χ2v) is 9.55. The molecule has 0 bridgehead atoms. The normalized spacial score (nSPS) is 12.2. The Morgan fingerprint density at radius 1 is 1.11 bits per heavy atom. The number of carboxylic acid groups (broad SMARTS) is 1. The molecule has 0 saturated heterocycles. The third-order valence-electron chi connectivity index (χ3n) is 5.77. The Morgan fingerprint density at radius 2 is 1.83 bits per heavy atom. The van der Waals surface area contributed by atoms with Gasteiger partial charge in [0.2, 0.25) is 5.58 Å². The fraction of sp³-hybridized carbons (Fsp3) is 0.200. The van der Waals surface area contributed by atoms with E-state index in [4.69, 9.17) is 8.83 Å². The molecule has 0 fully saturated rings. The van der Waals surface area contributed by atoms with Crippen molar-refractivity contribution < 1.29 is 31.5 Å². The number of furan rings is 1. The number of carbonyl (C=O) groups is 1. The first kappa shape index (κ1) is 25.1. The van der Waals surface area contributed by atoms with Crippen LogP contribution in [0.5, 0.6) is 0 Å². The molecular formula is C25H23FN2O7S. The van der Waals surface area contributed by atoms with Crippen LogP contribution in [0.4, 0.5) is 10.1 Å². The average Bonchev–Trinajstić information content (AvgIpc) is 3.32. The molecule has 2 heterocycles. The van der Waals surface area contributed by atoms with Crippen LogP contribution >= 0.6 is 0 Å². The van der Waals surface area contributed by atoms with Gasteiger partial charge in [0.1, 0.15) is 11.4 Å². The second kappa shape index (κ2) is 9.96. The number of likely N-dealkylation sites (N-methyl/N-ethyl adjacent to an activating group) is 1. The summed E-state index contributed by atoms with van der Waals surface area (Å²) in [5.74, 6) is -2.14. The van der Waals surface area contributed by atoms with E-state index in [1.165, 1.54) is 30.5 Å². The molecule has 0 radical (unpaired) electrons. The standard InChI is InChI=1S/C25H23FN2O7S/c1-3-28(4-2)12-5-6-15-14-16(26)7-10-20(15)36(32,33)27-19-9-8-17-18-11-13-34-23(18)25(31)35-22(17)21(19)24(29)30/h5-11,13-14,27H,3-4,12H2,1-2H3,(H,29,30)/b6-5-. The number of hydrogen-bond acceptors (Lipinski definition) is 7. The molecule has 0 atom stereocenters. The quantitative estimate of drug-likeness (QED) is 0.312. The van der Waals surface area contributed by atoms with Gasteiger partial charge in [-0.05, 0) is 55.1 Å². The molecule has 188 valence electrons. The molecule has 0 spiro atoms. The minimum atomic E-state index is -4.37. The maximum absolute atomic E-state index is 14.0. The van der Waals surface area contributed by atoms with Crippen LogP contribution in [0.15, 0.2) is 67.3 Å². The minimum Gasteiger partial charge on any atom is -0.477 e. The number of nitrogens with one attached hydrogen (secondary N) is 1. The molecule has 0 saturated carbocycles. The Morgan fingerprint density at radius 3 is 2.53 bits per heavy atom. The topological polar surface area (TPSA) is 130 Å². The van der Waals surface area contributed by atoms with E-state index in [-0.39, 0.29) is 32.7 Å². The van der Waals surface area contributed by atoms with Crippen LogP contribution in [0.2, 0.25) is 0 Å². The zero-order chi connectivity index (χ0) is 26.0. The summed E-state index contributed by atoms with van der Waals surface area (Å²) < 4.78 is 53.2. The molecule has 0 aliphatic heterocycles. The monoisotopic (exact) mass is 514 g/mol. The number of benzene rings is 2. The number of aromatic carboxylic acids is 1. The third-order valence-corrected chi connectivity index (χ3v) is 7.21. The largest absolute Gasteiger partial charge is 0.477 e. The predicted octanol–water partition coefficient (Wildman–Crippen LogP) is 4.53. The zero-order valence-corrected chi connectivity index (χ0v) is 20.3. The molecule has 0 aliphatic carbocycles. The molecule has 2 N–H and O–H groups in total. The summed E-state index contributed by atoms with van der Waals surface area (Å²) in [5, 5.41) is 10.5. The van der Waals surface area contributed by atoms with E-state index in [1.807, 2.05) is 13.8 Å². The van der Waals surface area contributed by atoms with E-state index in [0.29, 0.717) is 11.9 Å². The summed E-state index contributed by atoms with van der Waals surface area (Å²) in [6.45, 7) is 6.09. The van der Waals surface area contributed by atoms with Crippen molar-refractivity contribution in [3.8, 4) is 0 Å². The highest BCUT2D eigenvalue weighted by Gasteiger charge is 2.25. The van der Waals surface area contributed by atoms with Gasteiger partial charge in [-0.3, -0.25) is 4.72 Å².